The zero-order chi connectivity index (χ0) is 19.9. The Morgan fingerprint density at radius 1 is 0.862 bits per heavy atom. The summed E-state index contributed by atoms with van der Waals surface area (Å²) in [4.78, 5) is 25.4. The van der Waals surface area contributed by atoms with Crippen LogP contribution in [0.25, 0.3) is 0 Å². The largest absolute Gasteiger partial charge is 0.484 e. The molecule has 4 rings (SSSR count). The molecule has 0 radical (unpaired) electrons. The number of nitrogens with zero attached hydrogens (tertiary/aromatic N) is 4. The number of benzene rings is 2. The minimum absolute atomic E-state index is 0.0623. The minimum atomic E-state index is -0.248. The number of hydrogen-bond donors (Lipinski definition) is 1. The van der Waals surface area contributed by atoms with Crippen molar-refractivity contribution in [3.05, 3.63) is 73.1 Å². The number of carbonyl (C=O) groups excluding carboxylic acids is 1. The maximum atomic E-state index is 12.0. The number of para-hydroxylation sites is 2. The summed E-state index contributed by atoms with van der Waals surface area (Å²) in [5.74, 6) is 1.09. The summed E-state index contributed by atoms with van der Waals surface area (Å²) in [5, 5.41) is 2.76. The molecule has 2 aromatic carbocycles. The molecule has 0 saturated carbocycles. The molecule has 0 spiro atoms. The molecule has 1 N–H and O–H groups in total. The van der Waals surface area contributed by atoms with E-state index in [2.05, 4.69) is 49.4 Å². The van der Waals surface area contributed by atoms with Crippen LogP contribution < -0.4 is 19.9 Å². The van der Waals surface area contributed by atoms with Crippen LogP contribution in [0.1, 0.15) is 0 Å². The van der Waals surface area contributed by atoms with Crippen molar-refractivity contribution < 1.29 is 9.53 Å². The van der Waals surface area contributed by atoms with Crippen molar-refractivity contribution in [3.63, 3.8) is 0 Å². The molecule has 1 fully saturated rings. The number of carbonyl (C=O) groups is 1. The van der Waals surface area contributed by atoms with Gasteiger partial charge in [0.25, 0.3) is 5.91 Å². The lowest BCUT2D eigenvalue weighted by atomic mass is 10.2. The van der Waals surface area contributed by atoms with Crippen molar-refractivity contribution >= 4 is 23.2 Å². The second-order valence-electron chi connectivity index (χ2n) is 6.73. The molecule has 1 aliphatic heterocycles. The number of anilines is 3. The van der Waals surface area contributed by atoms with Gasteiger partial charge in [0.15, 0.2) is 6.61 Å². The normalized spacial score (nSPS) is 13.8. The van der Waals surface area contributed by atoms with Crippen LogP contribution in [0.2, 0.25) is 0 Å². The van der Waals surface area contributed by atoms with E-state index in [1.807, 2.05) is 36.4 Å². The smallest absolute Gasteiger partial charge is 0.262 e. The van der Waals surface area contributed by atoms with Crippen LogP contribution in [-0.4, -0.2) is 48.7 Å². The molecule has 29 heavy (non-hydrogen) atoms. The molecule has 0 bridgehead atoms. The van der Waals surface area contributed by atoms with E-state index < -0.39 is 0 Å². The highest BCUT2D eigenvalue weighted by Crippen LogP contribution is 2.18. The molecule has 3 aromatic rings. The average molecular weight is 389 g/mol. The first-order valence-electron chi connectivity index (χ1n) is 9.62. The third kappa shape index (κ3) is 5.01. The molecule has 0 atom stereocenters. The molecule has 1 saturated heterocycles. The van der Waals surface area contributed by atoms with Crippen LogP contribution in [0.5, 0.6) is 5.75 Å². The van der Waals surface area contributed by atoms with Crippen molar-refractivity contribution in [1.82, 2.24) is 9.97 Å². The van der Waals surface area contributed by atoms with Gasteiger partial charge in [0.05, 0.1) is 18.1 Å². The van der Waals surface area contributed by atoms with E-state index in [1.54, 1.807) is 12.4 Å². The first-order chi connectivity index (χ1) is 14.3. The van der Waals surface area contributed by atoms with E-state index in [0.29, 0.717) is 17.4 Å². The van der Waals surface area contributed by atoms with Crippen LogP contribution >= 0.6 is 0 Å². The summed E-state index contributed by atoms with van der Waals surface area (Å²) in [6.45, 7) is 3.48. The third-order valence-electron chi connectivity index (χ3n) is 4.72. The molecule has 148 valence electrons. The van der Waals surface area contributed by atoms with Gasteiger partial charge in [0.1, 0.15) is 5.75 Å². The lowest BCUT2D eigenvalue weighted by molar-refractivity contribution is -0.118. The van der Waals surface area contributed by atoms with Crippen molar-refractivity contribution in [3.8, 4) is 5.75 Å². The van der Waals surface area contributed by atoms with Crippen molar-refractivity contribution in [2.75, 3.05) is 47.9 Å². The summed E-state index contributed by atoms with van der Waals surface area (Å²) in [6, 6.07) is 19.6. The first kappa shape index (κ1) is 18.7. The molecular weight excluding hydrogens is 366 g/mol. The van der Waals surface area contributed by atoms with Gasteiger partial charge in [-0.2, -0.15) is 0 Å². The van der Waals surface area contributed by atoms with E-state index in [0.717, 1.165) is 26.2 Å². The minimum Gasteiger partial charge on any atom is -0.484 e. The fourth-order valence-corrected chi connectivity index (χ4v) is 3.22. The second-order valence-corrected chi connectivity index (χ2v) is 6.73. The monoisotopic (exact) mass is 389 g/mol. The standard InChI is InChI=1S/C22H23N5O2/c28-21(17-29-20-9-5-2-6-10-20)25-18-15-23-22(24-16-18)27-13-11-26(12-14-27)19-7-3-1-4-8-19/h1-10,15-16H,11-14,17H2,(H,25,28). The van der Waals surface area contributed by atoms with E-state index in [1.165, 1.54) is 5.69 Å². The van der Waals surface area contributed by atoms with Crippen LogP contribution in [0.3, 0.4) is 0 Å². The van der Waals surface area contributed by atoms with Crippen LogP contribution in [0.15, 0.2) is 73.1 Å². The lowest BCUT2D eigenvalue weighted by Crippen LogP contribution is -2.47. The third-order valence-corrected chi connectivity index (χ3v) is 4.72. The Morgan fingerprint density at radius 3 is 2.10 bits per heavy atom. The summed E-state index contributed by atoms with van der Waals surface area (Å²) >= 11 is 0. The van der Waals surface area contributed by atoms with Gasteiger partial charge in [-0.3, -0.25) is 4.79 Å². The summed E-state index contributed by atoms with van der Waals surface area (Å²) in [7, 11) is 0. The van der Waals surface area contributed by atoms with Crippen LogP contribution in [-0.2, 0) is 4.79 Å². The number of piperazine rings is 1. The van der Waals surface area contributed by atoms with Gasteiger partial charge in [-0.25, -0.2) is 9.97 Å². The number of nitrogens with one attached hydrogen (secondary N) is 1. The van der Waals surface area contributed by atoms with Gasteiger partial charge in [-0.15, -0.1) is 0 Å². The van der Waals surface area contributed by atoms with Crippen LogP contribution in [0.4, 0.5) is 17.3 Å². The first-order valence-corrected chi connectivity index (χ1v) is 9.62. The maximum absolute atomic E-state index is 12.0. The van der Waals surface area contributed by atoms with Gasteiger partial charge in [-0.1, -0.05) is 36.4 Å². The van der Waals surface area contributed by atoms with Crippen molar-refractivity contribution in [2.45, 2.75) is 0 Å². The van der Waals surface area contributed by atoms with Crippen molar-refractivity contribution in [1.29, 1.82) is 0 Å². The number of hydrogen-bond acceptors (Lipinski definition) is 6. The van der Waals surface area contributed by atoms with E-state index in [-0.39, 0.29) is 12.5 Å². The fourth-order valence-electron chi connectivity index (χ4n) is 3.22. The Balaban J connectivity index is 1.26. The predicted molar refractivity (Wildman–Crippen MR) is 113 cm³/mol. The number of ether oxygens (including phenoxy) is 1. The zero-order valence-corrected chi connectivity index (χ0v) is 16.1. The maximum Gasteiger partial charge on any atom is 0.262 e. The highest BCUT2D eigenvalue weighted by atomic mass is 16.5. The van der Waals surface area contributed by atoms with Gasteiger partial charge >= 0.3 is 0 Å². The Bertz CT molecular complexity index is 911. The molecular formula is C22H23N5O2. The second kappa shape index (κ2) is 9.05. The topological polar surface area (TPSA) is 70.6 Å². The Labute approximate surface area is 170 Å². The Kier molecular flexibility index (Phi) is 5.85. The number of amides is 1. The molecule has 0 aliphatic carbocycles. The molecule has 7 heteroatoms. The average Bonchev–Trinajstić information content (AvgIpc) is 2.80. The van der Waals surface area contributed by atoms with Crippen LogP contribution in [0, 0.1) is 0 Å². The summed E-state index contributed by atoms with van der Waals surface area (Å²) in [6.07, 6.45) is 3.26. The van der Waals surface area contributed by atoms with E-state index >= 15 is 0 Å². The van der Waals surface area contributed by atoms with Gasteiger partial charge in [0.2, 0.25) is 5.95 Å². The summed E-state index contributed by atoms with van der Waals surface area (Å²) < 4.78 is 5.44. The Hall–Kier alpha value is -3.61. The molecule has 0 unspecified atom stereocenters. The van der Waals surface area contributed by atoms with E-state index in [9.17, 15) is 4.79 Å². The molecule has 1 amide bonds. The molecule has 1 aliphatic rings. The van der Waals surface area contributed by atoms with Gasteiger partial charge in [0, 0.05) is 31.9 Å². The number of rotatable bonds is 6. The van der Waals surface area contributed by atoms with Gasteiger partial charge in [-0.05, 0) is 24.3 Å². The Morgan fingerprint density at radius 2 is 1.45 bits per heavy atom. The molecule has 7 nitrogen and oxygen atoms in total. The molecule has 2 heterocycles. The predicted octanol–water partition coefficient (Wildman–Crippen LogP) is 2.82. The van der Waals surface area contributed by atoms with Gasteiger partial charge < -0.3 is 19.9 Å². The van der Waals surface area contributed by atoms with Crippen molar-refractivity contribution in [2.24, 2.45) is 0 Å². The van der Waals surface area contributed by atoms with E-state index in [4.69, 9.17) is 4.74 Å². The quantitative estimate of drug-likeness (QED) is 0.699. The lowest BCUT2D eigenvalue weighted by Gasteiger charge is -2.36. The SMILES string of the molecule is O=C(COc1ccccc1)Nc1cnc(N2CCN(c3ccccc3)CC2)nc1. The highest BCUT2D eigenvalue weighted by molar-refractivity contribution is 5.91. The zero-order valence-electron chi connectivity index (χ0n) is 16.1. The highest BCUT2D eigenvalue weighted by Gasteiger charge is 2.19. The molecule has 1 aromatic heterocycles. The summed E-state index contributed by atoms with van der Waals surface area (Å²) in [5.41, 5.74) is 1.79. The number of aromatic nitrogens is 2. The fraction of sp³-hybridized carbons (Fsp3) is 0.227.